The maximum Gasteiger partial charge on any atom is 0.0578 e. The quantitative estimate of drug-likeness (QED) is 0.851. The Balaban J connectivity index is 1.80. The zero-order valence-corrected chi connectivity index (χ0v) is 12.8. The second-order valence-electron chi connectivity index (χ2n) is 6.21. The van der Waals surface area contributed by atoms with E-state index in [1.54, 1.807) is 0 Å². The van der Waals surface area contributed by atoms with E-state index < -0.39 is 0 Å². The summed E-state index contributed by atoms with van der Waals surface area (Å²) in [5.41, 5.74) is 3.15. The van der Waals surface area contributed by atoms with Crippen LogP contribution in [0.5, 0.6) is 0 Å². The summed E-state index contributed by atoms with van der Waals surface area (Å²) in [6, 6.07) is 15.2. The van der Waals surface area contributed by atoms with Crippen LogP contribution in [0.15, 0.2) is 54.9 Å². The van der Waals surface area contributed by atoms with Crippen molar-refractivity contribution in [3.8, 4) is 0 Å². The molecule has 1 fully saturated rings. The third-order valence-corrected chi connectivity index (χ3v) is 5.02. The van der Waals surface area contributed by atoms with Crippen LogP contribution < -0.4 is 5.32 Å². The van der Waals surface area contributed by atoms with Gasteiger partial charge in [0.05, 0.1) is 6.04 Å². The summed E-state index contributed by atoms with van der Waals surface area (Å²) in [6.45, 7) is 3.43. The summed E-state index contributed by atoms with van der Waals surface area (Å²) in [6.07, 6.45) is 9.17. The Morgan fingerprint density at radius 1 is 1.05 bits per heavy atom. The molecule has 1 atom stereocenters. The van der Waals surface area contributed by atoms with Gasteiger partial charge in [-0.2, -0.15) is 0 Å². The Bertz CT molecular complexity index is 501. The van der Waals surface area contributed by atoms with Gasteiger partial charge in [0.2, 0.25) is 0 Å². The van der Waals surface area contributed by atoms with E-state index in [4.69, 9.17) is 0 Å². The molecule has 110 valence electrons. The number of hydrogen-bond acceptors (Lipinski definition) is 2. The van der Waals surface area contributed by atoms with E-state index >= 15 is 0 Å². The number of aromatic nitrogens is 1. The van der Waals surface area contributed by atoms with Gasteiger partial charge >= 0.3 is 0 Å². The smallest absolute Gasteiger partial charge is 0.0578 e. The topological polar surface area (TPSA) is 24.9 Å². The van der Waals surface area contributed by atoms with Crippen LogP contribution in [0, 0.1) is 5.41 Å². The molecule has 21 heavy (non-hydrogen) atoms. The largest absolute Gasteiger partial charge is 0.306 e. The van der Waals surface area contributed by atoms with Crippen LogP contribution in [0.2, 0.25) is 0 Å². The first-order valence-corrected chi connectivity index (χ1v) is 8.01. The molecule has 1 unspecified atom stereocenters. The average Bonchev–Trinajstić information content (AvgIpc) is 2.52. The summed E-state index contributed by atoms with van der Waals surface area (Å²) in [7, 11) is 0. The molecule has 2 aromatic rings. The van der Waals surface area contributed by atoms with Crippen LogP contribution in [-0.4, -0.2) is 11.5 Å². The van der Waals surface area contributed by atoms with E-state index in [-0.39, 0.29) is 6.04 Å². The predicted molar refractivity (Wildman–Crippen MR) is 87.1 cm³/mol. The van der Waals surface area contributed by atoms with Crippen molar-refractivity contribution >= 4 is 0 Å². The third-order valence-electron chi connectivity index (χ3n) is 5.02. The fraction of sp³-hybridized carbons (Fsp3) is 0.421. The summed E-state index contributed by atoms with van der Waals surface area (Å²) in [5.74, 6) is 0. The van der Waals surface area contributed by atoms with Gasteiger partial charge in [-0.15, -0.1) is 0 Å². The molecule has 3 rings (SSSR count). The molecule has 0 bridgehead atoms. The molecule has 1 saturated carbocycles. The molecular weight excluding hydrogens is 256 g/mol. The molecule has 1 heterocycles. The lowest BCUT2D eigenvalue weighted by Gasteiger charge is -2.42. The number of nitrogens with zero attached hydrogens (tertiary/aromatic N) is 1. The Morgan fingerprint density at radius 3 is 2.29 bits per heavy atom. The lowest BCUT2D eigenvalue weighted by atomic mass is 9.67. The Labute approximate surface area is 127 Å². The van der Waals surface area contributed by atoms with Crippen molar-refractivity contribution in [1.82, 2.24) is 10.3 Å². The molecular formula is C19H24N2. The molecule has 0 saturated heterocycles. The molecule has 2 heteroatoms. The lowest BCUT2D eigenvalue weighted by Crippen LogP contribution is -2.41. The van der Waals surface area contributed by atoms with Gasteiger partial charge in [0.25, 0.3) is 0 Å². The highest BCUT2D eigenvalue weighted by molar-refractivity contribution is 5.30. The minimum Gasteiger partial charge on any atom is -0.306 e. The van der Waals surface area contributed by atoms with Gasteiger partial charge in [0, 0.05) is 18.9 Å². The van der Waals surface area contributed by atoms with Crippen molar-refractivity contribution < 1.29 is 0 Å². The highest BCUT2D eigenvalue weighted by Gasteiger charge is 2.35. The molecule has 1 aliphatic carbocycles. The highest BCUT2D eigenvalue weighted by atomic mass is 14.9. The third kappa shape index (κ3) is 3.16. The number of rotatable bonds is 6. The van der Waals surface area contributed by atoms with Gasteiger partial charge in [-0.1, -0.05) is 43.7 Å². The van der Waals surface area contributed by atoms with E-state index in [9.17, 15) is 0 Å². The number of benzene rings is 1. The van der Waals surface area contributed by atoms with Crippen LogP contribution in [0.25, 0.3) is 0 Å². The highest BCUT2D eigenvalue weighted by Crippen LogP contribution is 2.43. The molecule has 0 amide bonds. The second-order valence-corrected chi connectivity index (χ2v) is 6.21. The van der Waals surface area contributed by atoms with Crippen LogP contribution in [0.4, 0.5) is 0 Å². The zero-order valence-electron chi connectivity index (χ0n) is 12.8. The van der Waals surface area contributed by atoms with Gasteiger partial charge in [-0.25, -0.2) is 0 Å². The Hall–Kier alpha value is -1.67. The first-order valence-electron chi connectivity index (χ1n) is 8.01. The average molecular weight is 280 g/mol. The van der Waals surface area contributed by atoms with Crippen molar-refractivity contribution in [2.75, 3.05) is 6.54 Å². The number of hydrogen-bond donors (Lipinski definition) is 1. The standard InChI is InChI=1S/C19H24N2/c1-2-19(11-6-12-19)15-21-18(16-7-4-3-5-8-16)17-9-13-20-14-10-17/h3-5,7-10,13-14,18,21H,2,6,11-12,15H2,1H3. The van der Waals surface area contributed by atoms with E-state index in [2.05, 4.69) is 59.7 Å². The van der Waals surface area contributed by atoms with E-state index in [1.807, 2.05) is 12.4 Å². The predicted octanol–water partition coefficient (Wildman–Crippen LogP) is 4.34. The molecule has 0 radical (unpaired) electrons. The van der Waals surface area contributed by atoms with Crippen LogP contribution in [-0.2, 0) is 0 Å². The van der Waals surface area contributed by atoms with E-state index in [0.29, 0.717) is 5.41 Å². The second kappa shape index (κ2) is 6.40. The number of nitrogens with one attached hydrogen (secondary N) is 1. The SMILES string of the molecule is CCC1(CNC(c2ccccc2)c2ccncc2)CCC1. The molecule has 1 aliphatic rings. The van der Waals surface area contributed by atoms with Crippen molar-refractivity contribution in [2.24, 2.45) is 5.41 Å². The molecule has 2 nitrogen and oxygen atoms in total. The van der Waals surface area contributed by atoms with Gasteiger partial charge in [-0.3, -0.25) is 4.98 Å². The van der Waals surface area contributed by atoms with Crippen LogP contribution in [0.1, 0.15) is 49.8 Å². The zero-order chi connectivity index (χ0) is 14.5. The van der Waals surface area contributed by atoms with Crippen molar-refractivity contribution in [3.05, 3.63) is 66.0 Å². The van der Waals surface area contributed by atoms with Crippen LogP contribution in [0.3, 0.4) is 0 Å². The minimum atomic E-state index is 0.262. The summed E-state index contributed by atoms with van der Waals surface area (Å²) >= 11 is 0. The minimum absolute atomic E-state index is 0.262. The van der Waals surface area contributed by atoms with Gasteiger partial charge in [-0.05, 0) is 47.9 Å². The summed E-state index contributed by atoms with van der Waals surface area (Å²) in [5, 5.41) is 3.82. The van der Waals surface area contributed by atoms with Gasteiger partial charge in [0.15, 0.2) is 0 Å². The van der Waals surface area contributed by atoms with Crippen molar-refractivity contribution in [1.29, 1.82) is 0 Å². The fourth-order valence-electron chi connectivity index (χ4n) is 3.28. The molecule has 1 N–H and O–H groups in total. The van der Waals surface area contributed by atoms with E-state index in [1.165, 1.54) is 36.8 Å². The molecule has 1 aromatic carbocycles. The van der Waals surface area contributed by atoms with Gasteiger partial charge < -0.3 is 5.32 Å². The summed E-state index contributed by atoms with van der Waals surface area (Å²) < 4.78 is 0. The molecule has 0 spiro atoms. The first kappa shape index (κ1) is 14.3. The summed E-state index contributed by atoms with van der Waals surface area (Å²) in [4.78, 5) is 4.15. The first-order chi connectivity index (χ1) is 10.3. The Morgan fingerprint density at radius 2 is 1.71 bits per heavy atom. The van der Waals surface area contributed by atoms with Crippen molar-refractivity contribution in [3.63, 3.8) is 0 Å². The van der Waals surface area contributed by atoms with Crippen LogP contribution >= 0.6 is 0 Å². The van der Waals surface area contributed by atoms with E-state index in [0.717, 1.165) is 6.54 Å². The maximum absolute atomic E-state index is 4.15. The number of pyridine rings is 1. The molecule has 1 aromatic heterocycles. The lowest BCUT2D eigenvalue weighted by molar-refractivity contribution is 0.121. The fourth-order valence-corrected chi connectivity index (χ4v) is 3.28. The van der Waals surface area contributed by atoms with Crippen molar-refractivity contribution in [2.45, 2.75) is 38.6 Å². The molecule has 0 aliphatic heterocycles. The maximum atomic E-state index is 4.15. The van der Waals surface area contributed by atoms with Gasteiger partial charge in [0.1, 0.15) is 0 Å². The monoisotopic (exact) mass is 280 g/mol. The Kier molecular flexibility index (Phi) is 4.35. The normalized spacial score (nSPS) is 18.0.